The Balaban J connectivity index is 1.86. The number of nitrogens with zero attached hydrogens (tertiary/aromatic N) is 1. The smallest absolute Gasteiger partial charge is 0.154 e. The standard InChI is InChI=1S/C18H20ClNO3S/c19-16-8-4-7-15(9-16)11-20(10-14-5-2-1-3-6-14)17-12-24(22,23)13-18(17)21/h1-9,17-18,21H,10-13H2/t17-,18+/m1/s1. The lowest BCUT2D eigenvalue weighted by molar-refractivity contribution is 0.0731. The van der Waals surface area contributed by atoms with Crippen LogP contribution in [0.25, 0.3) is 0 Å². The Labute approximate surface area is 147 Å². The Morgan fingerprint density at radius 2 is 1.67 bits per heavy atom. The molecule has 2 atom stereocenters. The Bertz CT molecular complexity index is 795. The summed E-state index contributed by atoms with van der Waals surface area (Å²) in [5.74, 6) is -0.180. The first-order valence-electron chi connectivity index (χ1n) is 7.84. The van der Waals surface area contributed by atoms with Gasteiger partial charge in [-0.25, -0.2) is 8.42 Å². The monoisotopic (exact) mass is 365 g/mol. The number of aliphatic hydroxyl groups excluding tert-OH is 1. The Morgan fingerprint density at radius 1 is 1.00 bits per heavy atom. The molecule has 6 heteroatoms. The van der Waals surface area contributed by atoms with Crippen LogP contribution < -0.4 is 0 Å². The number of benzene rings is 2. The van der Waals surface area contributed by atoms with Crippen LogP contribution in [-0.4, -0.2) is 42.1 Å². The predicted octanol–water partition coefficient (Wildman–Crippen LogP) is 2.50. The quantitative estimate of drug-likeness (QED) is 0.884. The van der Waals surface area contributed by atoms with E-state index in [0.29, 0.717) is 18.1 Å². The third-order valence-electron chi connectivity index (χ3n) is 4.27. The van der Waals surface area contributed by atoms with Crippen LogP contribution in [0.2, 0.25) is 5.02 Å². The number of hydrogen-bond donors (Lipinski definition) is 1. The zero-order valence-corrected chi connectivity index (χ0v) is 14.7. The molecule has 4 nitrogen and oxygen atoms in total. The predicted molar refractivity (Wildman–Crippen MR) is 95.6 cm³/mol. The lowest BCUT2D eigenvalue weighted by atomic mass is 10.1. The van der Waals surface area contributed by atoms with Crippen molar-refractivity contribution < 1.29 is 13.5 Å². The molecule has 0 bridgehead atoms. The Kier molecular flexibility index (Phi) is 5.25. The van der Waals surface area contributed by atoms with Gasteiger partial charge in [0.15, 0.2) is 9.84 Å². The van der Waals surface area contributed by atoms with Crippen molar-refractivity contribution in [2.75, 3.05) is 11.5 Å². The van der Waals surface area contributed by atoms with E-state index in [2.05, 4.69) is 0 Å². The summed E-state index contributed by atoms with van der Waals surface area (Å²) in [6, 6.07) is 17.0. The van der Waals surface area contributed by atoms with Crippen molar-refractivity contribution in [3.63, 3.8) is 0 Å². The zero-order valence-electron chi connectivity index (χ0n) is 13.2. The van der Waals surface area contributed by atoms with Gasteiger partial charge in [-0.3, -0.25) is 4.90 Å². The summed E-state index contributed by atoms with van der Waals surface area (Å²) in [6.07, 6.45) is -0.863. The highest BCUT2D eigenvalue weighted by atomic mass is 35.5. The number of rotatable bonds is 5. The van der Waals surface area contributed by atoms with E-state index in [9.17, 15) is 13.5 Å². The van der Waals surface area contributed by atoms with Crippen molar-refractivity contribution in [3.8, 4) is 0 Å². The average molecular weight is 366 g/mol. The minimum atomic E-state index is -3.20. The van der Waals surface area contributed by atoms with Crippen LogP contribution in [0.4, 0.5) is 0 Å². The van der Waals surface area contributed by atoms with Crippen molar-refractivity contribution in [3.05, 3.63) is 70.7 Å². The molecule has 1 saturated heterocycles. The second-order valence-electron chi connectivity index (χ2n) is 6.23. The van der Waals surface area contributed by atoms with Gasteiger partial charge in [-0.2, -0.15) is 0 Å². The molecule has 2 aromatic rings. The topological polar surface area (TPSA) is 57.6 Å². The van der Waals surface area contributed by atoms with Crippen molar-refractivity contribution >= 4 is 21.4 Å². The maximum absolute atomic E-state index is 11.9. The van der Waals surface area contributed by atoms with Gasteiger partial charge in [0.25, 0.3) is 0 Å². The van der Waals surface area contributed by atoms with E-state index < -0.39 is 22.0 Å². The minimum absolute atomic E-state index is 0.0123. The van der Waals surface area contributed by atoms with Gasteiger partial charge in [-0.15, -0.1) is 0 Å². The van der Waals surface area contributed by atoms with Crippen molar-refractivity contribution in [1.29, 1.82) is 0 Å². The molecule has 3 rings (SSSR count). The fourth-order valence-corrected chi connectivity index (χ4v) is 5.18. The SMILES string of the molecule is O=S1(=O)C[C@@H](N(Cc2ccccc2)Cc2cccc(Cl)c2)[C@@H](O)C1. The van der Waals surface area contributed by atoms with Gasteiger partial charge in [0, 0.05) is 18.1 Å². The molecule has 24 heavy (non-hydrogen) atoms. The summed E-state index contributed by atoms with van der Waals surface area (Å²) in [7, 11) is -3.20. The molecular formula is C18H20ClNO3S. The van der Waals surface area contributed by atoms with Crippen LogP contribution in [0.1, 0.15) is 11.1 Å². The molecule has 0 radical (unpaired) electrons. The summed E-state index contributed by atoms with van der Waals surface area (Å²) in [5.41, 5.74) is 2.07. The van der Waals surface area contributed by atoms with E-state index in [1.165, 1.54) is 0 Å². The van der Waals surface area contributed by atoms with Crippen LogP contribution >= 0.6 is 11.6 Å². The van der Waals surface area contributed by atoms with Crippen LogP contribution in [0, 0.1) is 0 Å². The first kappa shape index (κ1) is 17.4. The molecule has 1 aliphatic rings. The molecule has 1 fully saturated rings. The number of halogens is 1. The minimum Gasteiger partial charge on any atom is -0.390 e. The van der Waals surface area contributed by atoms with Gasteiger partial charge in [-0.05, 0) is 23.3 Å². The third-order valence-corrected chi connectivity index (χ3v) is 6.20. The van der Waals surface area contributed by atoms with E-state index in [4.69, 9.17) is 11.6 Å². The number of sulfone groups is 1. The lowest BCUT2D eigenvalue weighted by Crippen LogP contribution is -2.42. The average Bonchev–Trinajstić information content (AvgIpc) is 2.81. The maximum Gasteiger partial charge on any atom is 0.154 e. The second kappa shape index (κ2) is 7.23. The molecule has 1 N–H and O–H groups in total. The molecule has 2 aromatic carbocycles. The van der Waals surface area contributed by atoms with E-state index in [0.717, 1.165) is 11.1 Å². The first-order valence-corrected chi connectivity index (χ1v) is 10.0. The third kappa shape index (κ3) is 4.36. The second-order valence-corrected chi connectivity index (χ2v) is 8.82. The molecule has 128 valence electrons. The lowest BCUT2D eigenvalue weighted by Gasteiger charge is -2.30. The van der Waals surface area contributed by atoms with E-state index >= 15 is 0 Å². The van der Waals surface area contributed by atoms with Crippen molar-refractivity contribution in [1.82, 2.24) is 4.90 Å². The van der Waals surface area contributed by atoms with Crippen molar-refractivity contribution in [2.45, 2.75) is 25.2 Å². The first-order chi connectivity index (χ1) is 11.4. The normalized spacial score (nSPS) is 22.8. The van der Waals surface area contributed by atoms with Gasteiger partial charge in [0.05, 0.1) is 23.7 Å². The van der Waals surface area contributed by atoms with Crippen LogP contribution in [0.3, 0.4) is 0 Å². The molecule has 0 spiro atoms. The molecule has 0 amide bonds. The summed E-state index contributed by atoms with van der Waals surface area (Å²) in [6.45, 7) is 1.11. The zero-order chi connectivity index (χ0) is 17.2. The van der Waals surface area contributed by atoms with Crippen LogP contribution in [0.5, 0.6) is 0 Å². The summed E-state index contributed by atoms with van der Waals surface area (Å²) in [5, 5.41) is 10.9. The molecular weight excluding hydrogens is 346 g/mol. The van der Waals surface area contributed by atoms with Gasteiger partial charge in [0.2, 0.25) is 0 Å². The van der Waals surface area contributed by atoms with Gasteiger partial charge >= 0.3 is 0 Å². The van der Waals surface area contributed by atoms with Crippen LogP contribution in [-0.2, 0) is 22.9 Å². The molecule has 0 saturated carbocycles. The molecule has 0 aromatic heterocycles. The summed E-state index contributed by atoms with van der Waals surface area (Å²) >= 11 is 6.06. The summed E-state index contributed by atoms with van der Waals surface area (Å²) in [4.78, 5) is 2.02. The number of aliphatic hydroxyl groups is 1. The Morgan fingerprint density at radius 3 is 2.29 bits per heavy atom. The van der Waals surface area contributed by atoms with Gasteiger partial charge < -0.3 is 5.11 Å². The fourth-order valence-electron chi connectivity index (χ4n) is 3.14. The maximum atomic E-state index is 11.9. The molecule has 1 aliphatic heterocycles. The number of hydrogen-bond acceptors (Lipinski definition) is 4. The molecule has 0 aliphatic carbocycles. The van der Waals surface area contributed by atoms with Crippen LogP contribution in [0.15, 0.2) is 54.6 Å². The highest BCUT2D eigenvalue weighted by Crippen LogP contribution is 2.23. The largest absolute Gasteiger partial charge is 0.390 e. The highest BCUT2D eigenvalue weighted by Gasteiger charge is 2.39. The van der Waals surface area contributed by atoms with Gasteiger partial charge in [-0.1, -0.05) is 54.1 Å². The fraction of sp³-hybridized carbons (Fsp3) is 0.333. The summed E-state index contributed by atoms with van der Waals surface area (Å²) < 4.78 is 23.8. The highest BCUT2D eigenvalue weighted by molar-refractivity contribution is 7.91. The van der Waals surface area contributed by atoms with Gasteiger partial charge in [0.1, 0.15) is 0 Å². The van der Waals surface area contributed by atoms with Crippen molar-refractivity contribution in [2.24, 2.45) is 0 Å². The van der Waals surface area contributed by atoms with E-state index in [-0.39, 0.29) is 11.5 Å². The molecule has 1 heterocycles. The van der Waals surface area contributed by atoms with E-state index in [1.54, 1.807) is 0 Å². The van der Waals surface area contributed by atoms with E-state index in [1.807, 2.05) is 59.5 Å². The Hall–Kier alpha value is -1.40. The molecule has 0 unspecified atom stereocenters.